The Morgan fingerprint density at radius 1 is 1.10 bits per heavy atom. The zero-order valence-corrected chi connectivity index (χ0v) is 19.6. The Balaban J connectivity index is 2.15. The zero-order chi connectivity index (χ0) is 23.1. The van der Waals surface area contributed by atoms with E-state index in [4.69, 9.17) is 4.74 Å². The predicted molar refractivity (Wildman–Crippen MR) is 124 cm³/mol. The van der Waals surface area contributed by atoms with E-state index in [1.54, 1.807) is 7.11 Å². The first kappa shape index (κ1) is 24.7. The third-order valence-corrected chi connectivity index (χ3v) is 5.74. The topological polar surface area (TPSA) is 79.8 Å². The lowest BCUT2D eigenvalue weighted by Gasteiger charge is -2.27. The summed E-state index contributed by atoms with van der Waals surface area (Å²) in [6.45, 7) is 7.66. The number of nitrogens with one attached hydrogen (secondary N) is 2. The number of benzene rings is 2. The number of aliphatic imine (C=N–C) groups is 1. The van der Waals surface area contributed by atoms with E-state index in [0.29, 0.717) is 30.2 Å². The van der Waals surface area contributed by atoms with Crippen molar-refractivity contribution in [1.29, 1.82) is 0 Å². The van der Waals surface area contributed by atoms with E-state index in [1.807, 2.05) is 31.2 Å². The van der Waals surface area contributed by atoms with Crippen LogP contribution in [-0.2, 0) is 27.5 Å². The number of halogens is 1. The van der Waals surface area contributed by atoms with E-state index in [-0.39, 0.29) is 17.7 Å². The van der Waals surface area contributed by atoms with Crippen LogP contribution in [0, 0.1) is 5.82 Å². The summed E-state index contributed by atoms with van der Waals surface area (Å²) < 4.78 is 42.4. The summed E-state index contributed by atoms with van der Waals surface area (Å²) in [5.74, 6) is 0.828. The fourth-order valence-corrected chi connectivity index (χ4v) is 3.97. The van der Waals surface area contributed by atoms with Crippen molar-refractivity contribution in [2.45, 2.75) is 38.5 Å². The van der Waals surface area contributed by atoms with Crippen LogP contribution in [-0.4, -0.2) is 40.8 Å². The molecule has 0 aliphatic heterocycles. The van der Waals surface area contributed by atoms with Crippen molar-refractivity contribution < 1.29 is 17.5 Å². The van der Waals surface area contributed by atoms with Crippen molar-refractivity contribution in [3.8, 4) is 5.75 Å². The Labute approximate surface area is 184 Å². The van der Waals surface area contributed by atoms with Gasteiger partial charge in [0.15, 0.2) is 15.8 Å². The van der Waals surface area contributed by atoms with Crippen LogP contribution in [0.3, 0.4) is 0 Å². The number of guanidine groups is 1. The number of ether oxygens (including phenoxy) is 1. The van der Waals surface area contributed by atoms with Gasteiger partial charge in [-0.3, -0.25) is 0 Å². The van der Waals surface area contributed by atoms with Gasteiger partial charge in [-0.05, 0) is 47.9 Å². The molecule has 0 radical (unpaired) electrons. The monoisotopic (exact) mass is 449 g/mol. The van der Waals surface area contributed by atoms with Gasteiger partial charge in [-0.1, -0.05) is 32.0 Å². The van der Waals surface area contributed by atoms with Crippen molar-refractivity contribution in [3.63, 3.8) is 0 Å². The molecule has 170 valence electrons. The molecule has 0 aromatic heterocycles. The molecule has 2 aromatic rings. The molecule has 0 fully saturated rings. The molecule has 0 amide bonds. The lowest BCUT2D eigenvalue weighted by atomic mass is 9.84. The molecule has 0 aliphatic carbocycles. The molecule has 0 atom stereocenters. The molecule has 2 rings (SSSR count). The molecule has 0 unspecified atom stereocenters. The van der Waals surface area contributed by atoms with Gasteiger partial charge in [0, 0.05) is 24.8 Å². The second-order valence-electron chi connectivity index (χ2n) is 8.14. The Kier molecular flexibility index (Phi) is 8.44. The molecular formula is C23H32FN3O3S. The van der Waals surface area contributed by atoms with E-state index in [0.717, 1.165) is 17.6 Å². The van der Waals surface area contributed by atoms with Crippen LogP contribution < -0.4 is 15.4 Å². The lowest BCUT2D eigenvalue weighted by Crippen LogP contribution is -2.43. The van der Waals surface area contributed by atoms with E-state index in [2.05, 4.69) is 29.5 Å². The van der Waals surface area contributed by atoms with Crippen molar-refractivity contribution in [3.05, 3.63) is 65.0 Å². The van der Waals surface area contributed by atoms with Gasteiger partial charge in [0.1, 0.15) is 11.6 Å². The summed E-state index contributed by atoms with van der Waals surface area (Å²) in [6, 6.07) is 12.1. The number of hydrogen-bond acceptors (Lipinski definition) is 4. The number of sulfone groups is 1. The van der Waals surface area contributed by atoms with E-state index in [9.17, 15) is 12.8 Å². The van der Waals surface area contributed by atoms with Gasteiger partial charge in [-0.25, -0.2) is 17.8 Å². The molecule has 2 N–H and O–H groups in total. The second kappa shape index (κ2) is 10.6. The average Bonchev–Trinajstić information content (AvgIpc) is 2.71. The first-order valence-electron chi connectivity index (χ1n) is 10.2. The van der Waals surface area contributed by atoms with Crippen LogP contribution in [0.25, 0.3) is 0 Å². The lowest BCUT2D eigenvalue weighted by molar-refractivity contribution is 0.414. The Bertz CT molecular complexity index is 1000. The van der Waals surface area contributed by atoms with E-state index >= 15 is 0 Å². The van der Waals surface area contributed by atoms with Gasteiger partial charge >= 0.3 is 0 Å². The number of hydrogen-bond donors (Lipinski definition) is 2. The summed E-state index contributed by atoms with van der Waals surface area (Å²) in [5, 5.41) is 6.52. The minimum absolute atomic E-state index is 0.146. The minimum Gasteiger partial charge on any atom is -0.497 e. The molecule has 8 heteroatoms. The number of nitrogens with zero attached hydrogens (tertiary/aromatic N) is 1. The molecule has 6 nitrogen and oxygen atoms in total. The highest BCUT2D eigenvalue weighted by Crippen LogP contribution is 2.24. The van der Waals surface area contributed by atoms with Crippen molar-refractivity contribution in [1.82, 2.24) is 10.6 Å². The predicted octanol–water partition coefficient (Wildman–Crippen LogP) is 3.41. The van der Waals surface area contributed by atoms with E-state index < -0.39 is 15.7 Å². The molecule has 0 saturated heterocycles. The summed E-state index contributed by atoms with van der Waals surface area (Å²) >= 11 is 0. The van der Waals surface area contributed by atoms with Crippen LogP contribution in [0.1, 0.15) is 37.5 Å². The van der Waals surface area contributed by atoms with Crippen LogP contribution in [0.4, 0.5) is 4.39 Å². The van der Waals surface area contributed by atoms with Gasteiger partial charge in [0.05, 0.1) is 19.4 Å². The van der Waals surface area contributed by atoms with Crippen molar-refractivity contribution in [2.75, 3.05) is 26.5 Å². The third-order valence-electron chi connectivity index (χ3n) is 4.91. The van der Waals surface area contributed by atoms with E-state index in [1.165, 1.54) is 18.2 Å². The van der Waals surface area contributed by atoms with Crippen molar-refractivity contribution >= 4 is 15.8 Å². The fourth-order valence-electron chi connectivity index (χ4n) is 3.12. The SMILES string of the molecule is CCNC(=NCc1cc(F)ccc1CS(C)(=O)=O)NCC(C)(C)c1ccc(OC)cc1. The Morgan fingerprint density at radius 2 is 1.77 bits per heavy atom. The minimum atomic E-state index is -3.24. The molecule has 2 aromatic carbocycles. The highest BCUT2D eigenvalue weighted by molar-refractivity contribution is 7.89. The highest BCUT2D eigenvalue weighted by Gasteiger charge is 2.21. The third kappa shape index (κ3) is 7.86. The summed E-state index contributed by atoms with van der Waals surface area (Å²) in [4.78, 5) is 4.55. The summed E-state index contributed by atoms with van der Waals surface area (Å²) in [6.07, 6.45) is 1.16. The van der Waals surface area contributed by atoms with Crippen LogP contribution in [0.5, 0.6) is 5.75 Å². The number of methoxy groups -OCH3 is 1. The average molecular weight is 450 g/mol. The van der Waals surface area contributed by atoms with Crippen LogP contribution in [0.2, 0.25) is 0 Å². The van der Waals surface area contributed by atoms with Crippen molar-refractivity contribution in [2.24, 2.45) is 4.99 Å². The highest BCUT2D eigenvalue weighted by atomic mass is 32.2. The van der Waals surface area contributed by atoms with Gasteiger partial charge in [-0.2, -0.15) is 0 Å². The largest absolute Gasteiger partial charge is 0.497 e. The second-order valence-corrected chi connectivity index (χ2v) is 10.3. The first-order chi connectivity index (χ1) is 14.5. The fraction of sp³-hybridized carbons (Fsp3) is 0.435. The van der Waals surface area contributed by atoms with Gasteiger partial charge in [-0.15, -0.1) is 0 Å². The quantitative estimate of drug-likeness (QED) is 0.453. The maximum Gasteiger partial charge on any atom is 0.191 e. The van der Waals surface area contributed by atoms with Gasteiger partial charge in [0.25, 0.3) is 0 Å². The first-order valence-corrected chi connectivity index (χ1v) is 12.2. The zero-order valence-electron chi connectivity index (χ0n) is 18.8. The summed E-state index contributed by atoms with van der Waals surface area (Å²) in [7, 11) is -1.60. The maximum absolute atomic E-state index is 13.8. The normalized spacial score (nSPS) is 12.5. The smallest absolute Gasteiger partial charge is 0.191 e. The van der Waals surface area contributed by atoms with Crippen LogP contribution >= 0.6 is 0 Å². The molecule has 0 aliphatic rings. The molecule has 31 heavy (non-hydrogen) atoms. The molecule has 0 saturated carbocycles. The standard InChI is InChI=1S/C23H32FN3O3S/c1-6-25-22(27-16-23(2,3)19-8-11-21(30-4)12-9-19)26-14-18-13-20(24)10-7-17(18)15-31(5,28)29/h7-13H,6,14-16H2,1-5H3,(H2,25,26,27). The Hall–Kier alpha value is -2.61. The van der Waals surface area contributed by atoms with Crippen LogP contribution in [0.15, 0.2) is 47.5 Å². The van der Waals surface area contributed by atoms with Gasteiger partial charge < -0.3 is 15.4 Å². The maximum atomic E-state index is 13.8. The molecule has 0 spiro atoms. The summed E-state index contributed by atoms with van der Waals surface area (Å²) in [5.41, 5.74) is 2.08. The molecule has 0 bridgehead atoms. The molecular weight excluding hydrogens is 417 g/mol. The number of rotatable bonds is 9. The van der Waals surface area contributed by atoms with Gasteiger partial charge in [0.2, 0.25) is 0 Å². The Morgan fingerprint density at radius 3 is 2.35 bits per heavy atom. The molecule has 0 heterocycles.